The third kappa shape index (κ3) is 7.64. The van der Waals surface area contributed by atoms with Crippen molar-refractivity contribution in [3.05, 3.63) is 71.8 Å². The molecule has 9 nitrogen and oxygen atoms in total. The summed E-state index contributed by atoms with van der Waals surface area (Å²) in [6.45, 7) is 4.17. The second-order valence-electron chi connectivity index (χ2n) is 9.94. The SMILES string of the molecule is CCC(C)C(N)C(=O)NC(Cc1ccccc1)C(=O)N1CCCC1C(=O)NC(Cc1ccccc1)C(=O)O. The van der Waals surface area contributed by atoms with Gasteiger partial charge in [0.05, 0.1) is 6.04 Å². The first kappa shape index (κ1) is 28.8. The summed E-state index contributed by atoms with van der Waals surface area (Å²) >= 11 is 0. The van der Waals surface area contributed by atoms with Gasteiger partial charge in [-0.2, -0.15) is 0 Å². The van der Waals surface area contributed by atoms with E-state index in [0.29, 0.717) is 25.8 Å². The number of likely N-dealkylation sites (tertiary alicyclic amines) is 1. The summed E-state index contributed by atoms with van der Waals surface area (Å²) in [6, 6.07) is 14.7. The monoisotopic (exact) mass is 522 g/mol. The van der Waals surface area contributed by atoms with Crippen LogP contribution >= 0.6 is 0 Å². The van der Waals surface area contributed by atoms with Gasteiger partial charge in [-0.1, -0.05) is 80.9 Å². The molecule has 5 N–H and O–H groups in total. The van der Waals surface area contributed by atoms with Crippen LogP contribution in [-0.2, 0) is 32.0 Å². The van der Waals surface area contributed by atoms with Crippen LogP contribution in [0.15, 0.2) is 60.7 Å². The minimum atomic E-state index is -1.15. The van der Waals surface area contributed by atoms with E-state index in [0.717, 1.165) is 11.1 Å². The van der Waals surface area contributed by atoms with Gasteiger partial charge >= 0.3 is 5.97 Å². The Kier molecular flexibility index (Phi) is 10.4. The van der Waals surface area contributed by atoms with Crippen molar-refractivity contribution >= 4 is 23.7 Å². The van der Waals surface area contributed by atoms with Gasteiger partial charge in [-0.3, -0.25) is 14.4 Å². The van der Waals surface area contributed by atoms with Gasteiger partial charge in [0.2, 0.25) is 17.7 Å². The number of amides is 3. The van der Waals surface area contributed by atoms with Gasteiger partial charge in [0.15, 0.2) is 0 Å². The summed E-state index contributed by atoms with van der Waals surface area (Å²) in [4.78, 5) is 53.2. The first-order chi connectivity index (χ1) is 18.2. The number of rotatable bonds is 12. The van der Waals surface area contributed by atoms with Crippen molar-refractivity contribution in [3.8, 4) is 0 Å². The second kappa shape index (κ2) is 13.7. The van der Waals surface area contributed by atoms with Crippen molar-refractivity contribution < 1.29 is 24.3 Å². The van der Waals surface area contributed by atoms with Crippen LogP contribution in [0.5, 0.6) is 0 Å². The molecule has 2 aromatic rings. The fraction of sp³-hybridized carbons (Fsp3) is 0.448. The number of carboxylic acid groups (broad SMARTS) is 1. The fourth-order valence-corrected chi connectivity index (χ4v) is 4.65. The predicted molar refractivity (Wildman–Crippen MR) is 144 cm³/mol. The van der Waals surface area contributed by atoms with Crippen LogP contribution in [0, 0.1) is 5.92 Å². The average molecular weight is 523 g/mol. The van der Waals surface area contributed by atoms with Gasteiger partial charge in [-0.15, -0.1) is 0 Å². The molecule has 1 aliphatic heterocycles. The molecule has 9 heteroatoms. The molecule has 1 fully saturated rings. The van der Waals surface area contributed by atoms with Gasteiger partial charge in [0.25, 0.3) is 0 Å². The maximum Gasteiger partial charge on any atom is 0.326 e. The summed E-state index contributed by atoms with van der Waals surface area (Å²) in [6.07, 6.45) is 2.10. The lowest BCUT2D eigenvalue weighted by molar-refractivity contribution is -0.145. The highest BCUT2D eigenvalue weighted by molar-refractivity contribution is 5.94. The van der Waals surface area contributed by atoms with Gasteiger partial charge in [0.1, 0.15) is 18.1 Å². The summed E-state index contributed by atoms with van der Waals surface area (Å²) in [5, 5.41) is 15.2. The molecule has 0 radical (unpaired) electrons. The van der Waals surface area contributed by atoms with Crippen LogP contribution in [-0.4, -0.2) is 64.4 Å². The van der Waals surface area contributed by atoms with E-state index in [9.17, 15) is 24.3 Å². The fourth-order valence-electron chi connectivity index (χ4n) is 4.65. The summed E-state index contributed by atoms with van der Waals surface area (Å²) in [5.41, 5.74) is 7.77. The molecule has 5 atom stereocenters. The maximum atomic E-state index is 13.7. The molecule has 0 saturated carbocycles. The summed E-state index contributed by atoms with van der Waals surface area (Å²) < 4.78 is 0. The van der Waals surface area contributed by atoms with Gasteiger partial charge in [-0.25, -0.2) is 4.79 Å². The minimum Gasteiger partial charge on any atom is -0.480 e. The molecule has 0 aromatic heterocycles. The third-order valence-electron chi connectivity index (χ3n) is 7.19. The van der Waals surface area contributed by atoms with E-state index in [1.165, 1.54) is 4.90 Å². The van der Waals surface area contributed by atoms with E-state index in [-0.39, 0.29) is 24.7 Å². The molecule has 2 aromatic carbocycles. The molecule has 3 rings (SSSR count). The topological polar surface area (TPSA) is 142 Å². The molecule has 1 heterocycles. The lowest BCUT2D eigenvalue weighted by atomic mass is 9.98. The van der Waals surface area contributed by atoms with E-state index >= 15 is 0 Å². The number of nitrogens with zero attached hydrogens (tertiary/aromatic N) is 1. The van der Waals surface area contributed by atoms with E-state index in [1.807, 2.05) is 62.4 Å². The largest absolute Gasteiger partial charge is 0.480 e. The Balaban J connectivity index is 1.76. The smallest absolute Gasteiger partial charge is 0.326 e. The highest BCUT2D eigenvalue weighted by atomic mass is 16.4. The molecule has 1 saturated heterocycles. The molecule has 38 heavy (non-hydrogen) atoms. The van der Waals surface area contributed by atoms with E-state index in [4.69, 9.17) is 5.73 Å². The molecular formula is C29H38N4O5. The van der Waals surface area contributed by atoms with E-state index in [2.05, 4.69) is 10.6 Å². The zero-order chi connectivity index (χ0) is 27.7. The maximum absolute atomic E-state index is 13.7. The molecule has 0 aliphatic carbocycles. The second-order valence-corrected chi connectivity index (χ2v) is 9.94. The Hall–Kier alpha value is -3.72. The lowest BCUT2D eigenvalue weighted by Crippen LogP contribution is -2.58. The Labute approximate surface area is 223 Å². The Morgan fingerprint density at radius 1 is 0.947 bits per heavy atom. The first-order valence-corrected chi connectivity index (χ1v) is 13.2. The number of benzene rings is 2. The van der Waals surface area contributed by atoms with Crippen molar-refractivity contribution in [1.82, 2.24) is 15.5 Å². The standard InChI is InChI=1S/C29H38N4O5/c1-3-19(2)25(30)27(35)31-22(17-20-11-6-4-7-12-20)28(36)33-16-10-15-24(33)26(34)32-23(29(37)38)18-21-13-8-5-9-14-21/h4-9,11-14,19,22-25H,3,10,15-18,30H2,1-2H3,(H,31,35)(H,32,34)(H,37,38). The summed E-state index contributed by atoms with van der Waals surface area (Å²) in [7, 11) is 0. The molecule has 0 bridgehead atoms. The number of carbonyl (C=O) groups is 4. The zero-order valence-corrected chi connectivity index (χ0v) is 22.0. The number of nitrogens with one attached hydrogen (secondary N) is 2. The summed E-state index contributed by atoms with van der Waals surface area (Å²) in [5.74, 6) is -2.52. The van der Waals surface area contributed by atoms with Crippen molar-refractivity contribution in [2.75, 3.05) is 6.54 Å². The molecule has 3 amide bonds. The van der Waals surface area contributed by atoms with Crippen molar-refractivity contribution in [3.63, 3.8) is 0 Å². The quantitative estimate of drug-likeness (QED) is 0.335. The average Bonchev–Trinajstić information content (AvgIpc) is 3.42. The van der Waals surface area contributed by atoms with Gasteiger partial charge in [0, 0.05) is 19.4 Å². The number of hydrogen-bond acceptors (Lipinski definition) is 5. The number of hydrogen-bond donors (Lipinski definition) is 4. The minimum absolute atomic E-state index is 0.0645. The number of carbonyl (C=O) groups excluding carboxylic acids is 3. The van der Waals surface area contributed by atoms with Crippen LogP contribution < -0.4 is 16.4 Å². The normalized spacial score (nSPS) is 18.2. The Morgan fingerprint density at radius 2 is 1.50 bits per heavy atom. The molecule has 5 unspecified atom stereocenters. The lowest BCUT2D eigenvalue weighted by Gasteiger charge is -2.30. The third-order valence-corrected chi connectivity index (χ3v) is 7.19. The highest BCUT2D eigenvalue weighted by Crippen LogP contribution is 2.21. The molecule has 204 valence electrons. The van der Waals surface area contributed by atoms with Gasteiger partial charge in [-0.05, 0) is 29.9 Å². The van der Waals surface area contributed by atoms with Crippen molar-refractivity contribution in [2.24, 2.45) is 11.7 Å². The highest BCUT2D eigenvalue weighted by Gasteiger charge is 2.39. The van der Waals surface area contributed by atoms with Crippen LogP contribution in [0.25, 0.3) is 0 Å². The van der Waals surface area contributed by atoms with E-state index < -0.39 is 42.0 Å². The Morgan fingerprint density at radius 3 is 2.03 bits per heavy atom. The number of carboxylic acids is 1. The van der Waals surface area contributed by atoms with Crippen LogP contribution in [0.4, 0.5) is 0 Å². The number of aliphatic carboxylic acids is 1. The zero-order valence-electron chi connectivity index (χ0n) is 22.0. The molecule has 0 spiro atoms. The van der Waals surface area contributed by atoms with Crippen molar-refractivity contribution in [1.29, 1.82) is 0 Å². The van der Waals surface area contributed by atoms with Crippen LogP contribution in [0.1, 0.15) is 44.2 Å². The number of nitrogens with two attached hydrogens (primary N) is 1. The predicted octanol–water partition coefficient (Wildman–Crippen LogP) is 1.89. The van der Waals surface area contributed by atoms with E-state index in [1.54, 1.807) is 12.1 Å². The first-order valence-electron chi connectivity index (χ1n) is 13.2. The van der Waals surface area contributed by atoms with Crippen LogP contribution in [0.3, 0.4) is 0 Å². The van der Waals surface area contributed by atoms with Crippen molar-refractivity contribution in [2.45, 2.75) is 70.1 Å². The molecule has 1 aliphatic rings. The molecular weight excluding hydrogens is 484 g/mol. The Bertz CT molecular complexity index is 1090. The van der Waals surface area contributed by atoms with Gasteiger partial charge < -0.3 is 26.4 Å². The van der Waals surface area contributed by atoms with Crippen LogP contribution in [0.2, 0.25) is 0 Å².